The molecule has 1 aromatic heterocycles. The summed E-state index contributed by atoms with van der Waals surface area (Å²) in [4.78, 5) is 3.83. The average Bonchev–Trinajstić information content (AvgIpc) is 1.87. The molecule has 0 saturated heterocycles. The Morgan fingerprint density at radius 2 is 2.00 bits per heavy atom. The topological polar surface area (TPSA) is 38.9 Å². The molecule has 0 amide bonds. The molecule has 0 saturated carbocycles. The maximum Gasteiger partial charge on any atom is 0.223 e. The van der Waals surface area contributed by atoms with Crippen LogP contribution >= 0.6 is 0 Å². The largest absolute Gasteiger partial charge is 0.340 e. The maximum absolute atomic E-state index is 4.60. The molecule has 8 heavy (non-hydrogen) atoms. The lowest BCUT2D eigenvalue weighted by atomic mass is 10.7. The lowest BCUT2D eigenvalue weighted by Crippen LogP contribution is -1.70. The van der Waals surface area contributed by atoms with Gasteiger partial charge in [0.1, 0.15) is 0 Å². The van der Waals surface area contributed by atoms with Gasteiger partial charge in [0.2, 0.25) is 5.89 Å². The van der Waals surface area contributed by atoms with Crippen LogP contribution in [-0.2, 0) is 0 Å². The van der Waals surface area contributed by atoms with Crippen molar-refractivity contribution in [2.75, 3.05) is 0 Å². The molecule has 0 fully saturated rings. The summed E-state index contributed by atoms with van der Waals surface area (Å²) in [6, 6.07) is 0. The molecule has 0 aromatic carbocycles. The first-order chi connectivity index (χ1) is 3.29. The standard InChI is InChI=1S/C4H6N2O.FH/c1-3-5-4(2)7-6-3;/h1-2H3;1H. The second kappa shape index (κ2) is 2.40. The molecule has 3 nitrogen and oxygen atoms in total. The fourth-order valence-corrected chi connectivity index (χ4v) is 0.401. The van der Waals surface area contributed by atoms with Crippen molar-refractivity contribution in [1.29, 1.82) is 0 Å². The van der Waals surface area contributed by atoms with E-state index in [1.165, 1.54) is 0 Å². The Morgan fingerprint density at radius 3 is 2.12 bits per heavy atom. The molecule has 46 valence electrons. The summed E-state index contributed by atoms with van der Waals surface area (Å²) >= 11 is 0. The zero-order valence-corrected chi connectivity index (χ0v) is 4.71. The molecule has 0 N–H and O–H groups in total. The highest BCUT2D eigenvalue weighted by molar-refractivity contribution is 4.77. The van der Waals surface area contributed by atoms with E-state index in [2.05, 4.69) is 14.7 Å². The van der Waals surface area contributed by atoms with Crippen LogP contribution in [0.3, 0.4) is 0 Å². The number of nitrogens with zero attached hydrogens (tertiary/aromatic N) is 2. The van der Waals surface area contributed by atoms with E-state index in [0.717, 1.165) is 0 Å². The minimum atomic E-state index is 0. The third-order valence-electron chi connectivity index (χ3n) is 0.629. The Hall–Kier alpha value is -0.930. The predicted molar refractivity (Wildman–Crippen MR) is 26.3 cm³/mol. The van der Waals surface area contributed by atoms with E-state index in [1.54, 1.807) is 13.8 Å². The third kappa shape index (κ3) is 1.29. The number of halogens is 1. The first kappa shape index (κ1) is 7.07. The minimum absolute atomic E-state index is 0. The Morgan fingerprint density at radius 1 is 1.38 bits per heavy atom. The van der Waals surface area contributed by atoms with Crippen molar-refractivity contribution in [3.05, 3.63) is 11.7 Å². The van der Waals surface area contributed by atoms with E-state index < -0.39 is 0 Å². The van der Waals surface area contributed by atoms with Gasteiger partial charge in [0.05, 0.1) is 0 Å². The minimum Gasteiger partial charge on any atom is -0.340 e. The van der Waals surface area contributed by atoms with Crippen LogP contribution in [0.4, 0.5) is 4.70 Å². The van der Waals surface area contributed by atoms with Crippen molar-refractivity contribution in [2.45, 2.75) is 13.8 Å². The maximum atomic E-state index is 4.60. The second-order valence-corrected chi connectivity index (χ2v) is 1.36. The first-order valence-electron chi connectivity index (χ1n) is 2.06. The van der Waals surface area contributed by atoms with Crippen LogP contribution in [0.15, 0.2) is 4.52 Å². The zero-order valence-electron chi connectivity index (χ0n) is 4.71. The molecule has 0 bridgehead atoms. The van der Waals surface area contributed by atoms with Crippen LogP contribution in [0.5, 0.6) is 0 Å². The van der Waals surface area contributed by atoms with Crippen molar-refractivity contribution in [1.82, 2.24) is 10.1 Å². The fraction of sp³-hybridized carbons (Fsp3) is 0.500. The van der Waals surface area contributed by atoms with Crippen molar-refractivity contribution in [3.8, 4) is 0 Å². The van der Waals surface area contributed by atoms with Gasteiger partial charge in [0.25, 0.3) is 0 Å². The van der Waals surface area contributed by atoms with Crippen molar-refractivity contribution in [2.24, 2.45) is 0 Å². The van der Waals surface area contributed by atoms with Crippen molar-refractivity contribution < 1.29 is 9.23 Å². The predicted octanol–water partition coefficient (Wildman–Crippen LogP) is 0.839. The van der Waals surface area contributed by atoms with Gasteiger partial charge < -0.3 is 4.52 Å². The van der Waals surface area contributed by atoms with Crippen molar-refractivity contribution >= 4 is 0 Å². The van der Waals surface area contributed by atoms with Crippen LogP contribution in [0, 0.1) is 13.8 Å². The highest BCUT2D eigenvalue weighted by Crippen LogP contribution is 1.89. The first-order valence-corrected chi connectivity index (χ1v) is 2.06. The number of rotatable bonds is 0. The van der Waals surface area contributed by atoms with Crippen LogP contribution in [0.1, 0.15) is 11.7 Å². The van der Waals surface area contributed by atoms with Crippen LogP contribution in [0.2, 0.25) is 0 Å². The van der Waals surface area contributed by atoms with Gasteiger partial charge in [-0.3, -0.25) is 4.70 Å². The van der Waals surface area contributed by atoms with Crippen LogP contribution < -0.4 is 0 Å². The Labute approximate surface area is 46.1 Å². The van der Waals surface area contributed by atoms with E-state index in [9.17, 15) is 0 Å². The Bertz CT molecular complexity index is 146. The van der Waals surface area contributed by atoms with E-state index in [1.807, 2.05) is 0 Å². The monoisotopic (exact) mass is 118 g/mol. The molecule has 0 aliphatic rings. The van der Waals surface area contributed by atoms with E-state index >= 15 is 0 Å². The molecule has 0 unspecified atom stereocenters. The number of aryl methyl sites for hydroxylation is 2. The molecule has 0 aliphatic carbocycles. The molecule has 0 radical (unpaired) electrons. The van der Waals surface area contributed by atoms with Crippen molar-refractivity contribution in [3.63, 3.8) is 0 Å². The lowest BCUT2D eigenvalue weighted by molar-refractivity contribution is 0.389. The molecule has 4 heteroatoms. The smallest absolute Gasteiger partial charge is 0.223 e. The quantitative estimate of drug-likeness (QED) is 0.506. The normalized spacial score (nSPS) is 8.25. The summed E-state index contributed by atoms with van der Waals surface area (Å²) in [5.41, 5.74) is 0. The Kier molecular flexibility index (Phi) is 2.12. The van der Waals surface area contributed by atoms with E-state index in [-0.39, 0.29) is 4.70 Å². The summed E-state index contributed by atoms with van der Waals surface area (Å²) in [5, 5.41) is 3.53. The SMILES string of the molecule is Cc1noc(C)n1.F. The van der Waals surface area contributed by atoms with Gasteiger partial charge >= 0.3 is 0 Å². The number of hydrogen-bond donors (Lipinski definition) is 0. The summed E-state index contributed by atoms with van der Waals surface area (Å²) in [6.45, 7) is 3.55. The molecule has 0 aliphatic heterocycles. The zero-order chi connectivity index (χ0) is 5.28. The summed E-state index contributed by atoms with van der Waals surface area (Å²) in [7, 11) is 0. The summed E-state index contributed by atoms with van der Waals surface area (Å²) in [5.74, 6) is 1.31. The molecular formula is C4H7FN2O. The van der Waals surface area contributed by atoms with E-state index in [0.29, 0.717) is 11.7 Å². The van der Waals surface area contributed by atoms with Gasteiger partial charge in [-0.1, -0.05) is 5.16 Å². The molecule has 0 atom stereocenters. The Balaban J connectivity index is 0.000000490. The summed E-state index contributed by atoms with van der Waals surface area (Å²) < 4.78 is 4.60. The highest BCUT2D eigenvalue weighted by Gasteiger charge is 1.89. The van der Waals surface area contributed by atoms with Gasteiger partial charge in [0.15, 0.2) is 5.82 Å². The molecule has 0 spiro atoms. The average molecular weight is 118 g/mol. The molecule has 1 aromatic rings. The molecule has 1 heterocycles. The van der Waals surface area contributed by atoms with Gasteiger partial charge in [-0.2, -0.15) is 4.98 Å². The lowest BCUT2D eigenvalue weighted by Gasteiger charge is -1.64. The second-order valence-electron chi connectivity index (χ2n) is 1.36. The van der Waals surface area contributed by atoms with Crippen LogP contribution in [-0.4, -0.2) is 10.1 Å². The fourth-order valence-electron chi connectivity index (χ4n) is 0.401. The molecule has 1 rings (SSSR count). The number of hydrogen-bond acceptors (Lipinski definition) is 3. The van der Waals surface area contributed by atoms with Gasteiger partial charge in [-0.15, -0.1) is 0 Å². The van der Waals surface area contributed by atoms with Crippen LogP contribution in [0.25, 0.3) is 0 Å². The third-order valence-corrected chi connectivity index (χ3v) is 0.629. The molecular weight excluding hydrogens is 111 g/mol. The van der Waals surface area contributed by atoms with Gasteiger partial charge in [0, 0.05) is 6.92 Å². The van der Waals surface area contributed by atoms with E-state index in [4.69, 9.17) is 0 Å². The highest BCUT2D eigenvalue weighted by atomic mass is 19.0. The van der Waals surface area contributed by atoms with Gasteiger partial charge in [-0.05, 0) is 6.92 Å². The van der Waals surface area contributed by atoms with Gasteiger partial charge in [-0.25, -0.2) is 0 Å². The number of aromatic nitrogens is 2. The summed E-state index contributed by atoms with van der Waals surface area (Å²) in [6.07, 6.45) is 0.